The van der Waals surface area contributed by atoms with Crippen molar-refractivity contribution >= 4 is 123 Å². The van der Waals surface area contributed by atoms with E-state index in [1.807, 2.05) is 24.3 Å². The first-order chi connectivity index (χ1) is 43.6. The number of hydrogen-bond donors (Lipinski definition) is 13. The highest BCUT2D eigenvalue weighted by atomic mass is 35.5. The number of amides is 10. The first-order valence-corrected chi connectivity index (χ1v) is 30.4. The number of aromatic nitrogens is 1. The fraction of sp³-hybridized carbons (Fsp3) is 0.443. The molecule has 2 fully saturated rings. The number of primary amides is 1. The minimum Gasteiger partial charge on any atom is -0.445 e. The third kappa shape index (κ3) is 19.3. The molecule has 10 amide bonds. The molecule has 4 heterocycles. The number of ether oxygens (including phenoxy) is 4. The fourth-order valence-corrected chi connectivity index (χ4v) is 10.9. The summed E-state index contributed by atoms with van der Waals surface area (Å²) in [4.78, 5) is 129. The van der Waals surface area contributed by atoms with Crippen LogP contribution in [0.15, 0.2) is 85.1 Å². The average Bonchev–Trinajstić information content (AvgIpc) is 1.71. The summed E-state index contributed by atoms with van der Waals surface area (Å²) in [5, 5.41) is 56.5. The van der Waals surface area contributed by atoms with Crippen molar-refractivity contribution in [2.45, 2.75) is 119 Å². The zero-order valence-corrected chi connectivity index (χ0v) is 51.5. The predicted molar refractivity (Wildman–Crippen MR) is 334 cm³/mol. The number of halogens is 1. The van der Waals surface area contributed by atoms with E-state index in [0.717, 1.165) is 21.9 Å². The maximum atomic E-state index is 13.5. The summed E-state index contributed by atoms with van der Waals surface area (Å²) in [5.41, 5.74) is 9.17. The first kappa shape index (κ1) is 70.0. The number of aliphatic hydroxyl groups is 4. The van der Waals surface area contributed by atoms with Crippen molar-refractivity contribution in [1.29, 1.82) is 0 Å². The van der Waals surface area contributed by atoms with Gasteiger partial charge < -0.3 is 86.9 Å². The smallest absolute Gasteiger partial charge is 0.407 e. The van der Waals surface area contributed by atoms with Crippen LogP contribution in [0.1, 0.15) is 75.8 Å². The third-order valence-electron chi connectivity index (χ3n) is 15.1. The van der Waals surface area contributed by atoms with E-state index in [-0.39, 0.29) is 80.8 Å². The number of imide groups is 1. The number of esters is 1. The van der Waals surface area contributed by atoms with Gasteiger partial charge in [0.15, 0.2) is 6.29 Å². The standard InChI is InChI=1S/C39H51N9O9S.C22H24ClNO9/c1-23(2)34(47-31(49)8-4-3-5-18-48-33(51)20-30(58)37(48)54)36(53)46-29(7-6-16-42-38(40)55)35(52)45-26-11-9-24(10-12-26)22-57-39(56)43-21-32(50)44-27-13-14-28-25(19-27)15-17-41-28;23-6-11-7-24(10-26)14-5-15(12-3-1-2-4-13(12)18(11)14)32-17(27)9-31-22-21(30)20(29)19(28)16(8-25)33-22/h9-15,17,19,23,29-30,34,41,58H,3-8,16,18,20-22H2,1-2H3,(H,43,56)(H,44,50)(H,45,52)(H,46,53)(H,47,49)(H3,40,42,55);1-5,10-11,16,19-22,25,28-30H,6-9H2. The summed E-state index contributed by atoms with van der Waals surface area (Å²) in [7, 11) is 0. The van der Waals surface area contributed by atoms with Crippen LogP contribution in [0.3, 0.4) is 0 Å². The first-order valence-electron chi connectivity index (χ1n) is 29.4. The molecule has 0 spiro atoms. The lowest BCUT2D eigenvalue weighted by Crippen LogP contribution is -2.59. The molecule has 3 aliphatic rings. The molecule has 28 nitrogen and oxygen atoms in total. The van der Waals surface area contributed by atoms with Crippen molar-refractivity contribution in [3.05, 3.63) is 96.2 Å². The molecule has 91 heavy (non-hydrogen) atoms. The molecule has 2 saturated heterocycles. The fourth-order valence-electron chi connectivity index (χ4n) is 10.3. The molecule has 9 unspecified atom stereocenters. The lowest BCUT2D eigenvalue weighted by molar-refractivity contribution is -0.299. The van der Waals surface area contributed by atoms with Gasteiger partial charge in [-0.25, -0.2) is 14.4 Å². The number of unbranched alkanes of at least 4 members (excludes halogenated alkanes) is 2. The second kappa shape index (κ2) is 33.6. The predicted octanol–water partition coefficient (Wildman–Crippen LogP) is 2.52. The number of aliphatic hydroxyl groups excluding tert-OH is 4. The number of carbonyl (C=O) groups is 10. The zero-order valence-electron chi connectivity index (χ0n) is 49.8. The third-order valence-corrected chi connectivity index (χ3v) is 15.9. The van der Waals surface area contributed by atoms with Gasteiger partial charge in [0.1, 0.15) is 62.0 Å². The minimum atomic E-state index is -1.63. The van der Waals surface area contributed by atoms with Crippen LogP contribution in [0.25, 0.3) is 21.7 Å². The molecule has 0 bridgehead atoms. The van der Waals surface area contributed by atoms with E-state index in [4.69, 9.17) is 36.3 Å². The van der Waals surface area contributed by atoms with E-state index in [1.165, 1.54) is 9.80 Å². The number of alkyl halides is 1. The Morgan fingerprint density at radius 1 is 0.857 bits per heavy atom. The van der Waals surface area contributed by atoms with Gasteiger partial charge in [0.2, 0.25) is 41.9 Å². The van der Waals surface area contributed by atoms with Crippen molar-refractivity contribution in [2.75, 3.05) is 60.8 Å². The van der Waals surface area contributed by atoms with Crippen molar-refractivity contribution in [2.24, 2.45) is 11.7 Å². The summed E-state index contributed by atoms with van der Waals surface area (Å²) in [6, 6.07) is 19.8. The van der Waals surface area contributed by atoms with Gasteiger partial charge in [0.25, 0.3) is 0 Å². The van der Waals surface area contributed by atoms with Gasteiger partial charge in [-0.15, -0.1) is 11.6 Å². The number of anilines is 3. The molecule has 4 aromatic carbocycles. The highest BCUT2D eigenvalue weighted by Gasteiger charge is 2.44. The van der Waals surface area contributed by atoms with Crippen molar-refractivity contribution in [3.8, 4) is 5.75 Å². The lowest BCUT2D eigenvalue weighted by Gasteiger charge is -2.39. The van der Waals surface area contributed by atoms with Crippen molar-refractivity contribution < 1.29 is 87.3 Å². The Hall–Kier alpha value is -8.42. The summed E-state index contributed by atoms with van der Waals surface area (Å²) in [5.74, 6) is -3.13. The van der Waals surface area contributed by atoms with Crippen LogP contribution < -0.4 is 47.3 Å². The number of nitrogens with one attached hydrogen (secondary N) is 7. The van der Waals surface area contributed by atoms with Gasteiger partial charge in [-0.1, -0.05) is 56.7 Å². The molecule has 5 aromatic rings. The number of benzene rings is 4. The summed E-state index contributed by atoms with van der Waals surface area (Å²) >= 11 is 10.2. The van der Waals surface area contributed by atoms with Gasteiger partial charge in [-0.3, -0.25) is 38.5 Å². The van der Waals surface area contributed by atoms with Crippen LogP contribution in [0.2, 0.25) is 0 Å². The molecule has 13 N–H and O–H groups in total. The minimum absolute atomic E-state index is 0.0592. The molecule has 9 atom stereocenters. The number of carbonyl (C=O) groups excluding carboxylic acids is 10. The van der Waals surface area contributed by atoms with Crippen LogP contribution in [0.4, 0.5) is 26.7 Å². The number of likely N-dealkylation sites (tertiary alicyclic amines) is 1. The highest BCUT2D eigenvalue weighted by molar-refractivity contribution is 7.81. The largest absolute Gasteiger partial charge is 0.445 e. The number of fused-ring (bicyclic) bond motifs is 4. The Kier molecular flexibility index (Phi) is 25.9. The Balaban J connectivity index is 0.000000299. The second-order valence-corrected chi connectivity index (χ2v) is 23.0. The summed E-state index contributed by atoms with van der Waals surface area (Å²) in [6.45, 7) is 2.68. The van der Waals surface area contributed by atoms with E-state index >= 15 is 0 Å². The quantitative estimate of drug-likeness (QED) is 0.00651. The second-order valence-electron chi connectivity index (χ2n) is 22.1. The van der Waals surface area contributed by atoms with Crippen LogP contribution in [0.5, 0.6) is 5.75 Å². The number of alkyl carbamates (subject to hydrolysis) is 1. The molecule has 0 saturated carbocycles. The molecule has 0 radical (unpaired) electrons. The number of nitrogens with two attached hydrogens (primary N) is 1. The van der Waals surface area contributed by atoms with E-state index in [0.29, 0.717) is 72.5 Å². The molecule has 1 aromatic heterocycles. The van der Waals surface area contributed by atoms with Crippen molar-refractivity contribution in [3.63, 3.8) is 0 Å². The Labute approximate surface area is 532 Å². The number of thiol groups is 1. The van der Waals surface area contributed by atoms with Gasteiger partial charge in [0, 0.05) is 84.2 Å². The SMILES string of the molecule is CC(C)C(NC(=O)CCCCCN1C(=O)CC(S)C1=O)C(=O)NC(CCCNC(N)=O)C(=O)Nc1ccc(COC(=O)NCC(=O)Nc2ccc3[nH]ccc3c2)cc1.O=CN1CC(CCl)c2c1cc(OC(=O)COC1OC(CO)C(O)C(O)C1O)c1ccccc21. The summed E-state index contributed by atoms with van der Waals surface area (Å²) < 4.78 is 21.2. The Morgan fingerprint density at radius 3 is 2.27 bits per heavy atom. The van der Waals surface area contributed by atoms with Crippen LogP contribution in [-0.4, -0.2) is 184 Å². The average molecular weight is 1300 g/mol. The van der Waals surface area contributed by atoms with E-state index in [1.54, 1.807) is 74.6 Å². The number of H-pyrrole nitrogens is 1. The van der Waals surface area contributed by atoms with Crippen molar-refractivity contribution in [1.82, 2.24) is 31.2 Å². The summed E-state index contributed by atoms with van der Waals surface area (Å²) in [6.07, 6.45) is -3.49. The maximum absolute atomic E-state index is 13.5. The molecule has 3 aliphatic heterocycles. The van der Waals surface area contributed by atoms with Crippen LogP contribution in [-0.2, 0) is 59.2 Å². The van der Waals surface area contributed by atoms with Gasteiger partial charge in [-0.2, -0.15) is 12.6 Å². The highest BCUT2D eigenvalue weighted by Crippen LogP contribution is 2.45. The molecule has 30 heteroatoms. The Bertz CT molecular complexity index is 3410. The van der Waals surface area contributed by atoms with Crippen LogP contribution in [0, 0.1) is 5.92 Å². The van der Waals surface area contributed by atoms with E-state index in [2.05, 4.69) is 49.5 Å². The molecular weight excluding hydrogens is 1230 g/mol. The Morgan fingerprint density at radius 2 is 1.59 bits per heavy atom. The normalized spacial score (nSPS) is 20.0. The molecular formula is C61H75ClN10O18S. The number of nitrogens with zero attached hydrogens (tertiary/aromatic N) is 2. The molecule has 490 valence electrons. The molecule has 8 rings (SSSR count). The monoisotopic (exact) mass is 1300 g/mol. The zero-order chi connectivity index (χ0) is 65.9. The maximum Gasteiger partial charge on any atom is 0.407 e. The topological polar surface area (TPSA) is 409 Å². The van der Waals surface area contributed by atoms with Crippen LogP contribution >= 0.6 is 24.2 Å². The number of rotatable bonds is 28. The molecule has 0 aliphatic carbocycles. The van der Waals surface area contributed by atoms with E-state index in [9.17, 15) is 68.4 Å². The number of urea groups is 1. The van der Waals surface area contributed by atoms with Gasteiger partial charge >= 0.3 is 18.1 Å². The van der Waals surface area contributed by atoms with E-state index < -0.39 is 97.1 Å². The van der Waals surface area contributed by atoms with Gasteiger partial charge in [0.05, 0.1) is 17.5 Å². The van der Waals surface area contributed by atoms with Gasteiger partial charge in [-0.05, 0) is 84.5 Å². The number of aromatic amines is 1. The number of hydrogen-bond acceptors (Lipinski definition) is 19. The lowest BCUT2D eigenvalue weighted by atomic mass is 9.95.